The summed E-state index contributed by atoms with van der Waals surface area (Å²) in [6.07, 6.45) is 0.180. The maximum absolute atomic E-state index is 12.6. The maximum atomic E-state index is 12.6. The van der Waals surface area contributed by atoms with Gasteiger partial charge in [0.2, 0.25) is 18.6 Å². The molecule has 3 atom stereocenters. The van der Waals surface area contributed by atoms with E-state index in [0.29, 0.717) is 0 Å². The lowest BCUT2D eigenvalue weighted by Gasteiger charge is -2.43. The number of rotatable bonds is 6. The molecular weight excluding hydrogens is 384 g/mol. The second kappa shape index (κ2) is 7.83. The van der Waals surface area contributed by atoms with E-state index < -0.39 is 35.6 Å². The minimum absolute atomic E-state index is 0.180. The number of ether oxygens (including phenoxy) is 2. The fraction of sp³-hybridized carbons (Fsp3) is 0.474. The van der Waals surface area contributed by atoms with E-state index in [2.05, 4.69) is 10.1 Å². The van der Waals surface area contributed by atoms with Crippen molar-refractivity contribution in [3.63, 3.8) is 0 Å². The zero-order chi connectivity index (χ0) is 20.5. The number of hydrogen-bond donors (Lipinski definition) is 1. The molecule has 0 radical (unpaired) electrons. The summed E-state index contributed by atoms with van der Waals surface area (Å²) in [7, 11) is 0. The standard InChI is InChI=1S/C19H22N2O6S/c1-11(22)26-10-27-18(25)15-19(2,3)28-17-14(16(24)21(15)17)20-13(23)9-12-7-5-4-6-8-12/h4-8,14-15,17H,9-10H2,1-3H3,(H,20,23)/t14?,15-,17+/m0/s1. The summed E-state index contributed by atoms with van der Waals surface area (Å²) in [5, 5.41) is 2.43. The van der Waals surface area contributed by atoms with Gasteiger partial charge >= 0.3 is 11.9 Å². The van der Waals surface area contributed by atoms with Gasteiger partial charge in [-0.3, -0.25) is 14.4 Å². The lowest BCUT2D eigenvalue weighted by molar-refractivity contribution is -0.175. The highest BCUT2D eigenvalue weighted by Crippen LogP contribution is 2.51. The highest BCUT2D eigenvalue weighted by molar-refractivity contribution is 8.01. The van der Waals surface area contributed by atoms with Crippen molar-refractivity contribution in [1.29, 1.82) is 0 Å². The van der Waals surface area contributed by atoms with Crippen molar-refractivity contribution in [1.82, 2.24) is 10.2 Å². The third-order valence-electron chi connectivity index (χ3n) is 4.65. The van der Waals surface area contributed by atoms with Crippen LogP contribution in [0.2, 0.25) is 0 Å². The molecule has 28 heavy (non-hydrogen) atoms. The van der Waals surface area contributed by atoms with Crippen molar-refractivity contribution in [2.75, 3.05) is 6.79 Å². The molecule has 1 aromatic carbocycles. The van der Waals surface area contributed by atoms with Crippen LogP contribution in [-0.2, 0) is 35.1 Å². The van der Waals surface area contributed by atoms with Crippen molar-refractivity contribution in [3.05, 3.63) is 35.9 Å². The van der Waals surface area contributed by atoms with Crippen LogP contribution in [0.5, 0.6) is 0 Å². The van der Waals surface area contributed by atoms with Gasteiger partial charge in [-0.25, -0.2) is 4.79 Å². The number of carbonyl (C=O) groups is 4. The van der Waals surface area contributed by atoms with E-state index in [0.717, 1.165) is 5.56 Å². The van der Waals surface area contributed by atoms with E-state index in [4.69, 9.17) is 4.74 Å². The molecule has 2 heterocycles. The molecule has 0 aromatic heterocycles. The minimum atomic E-state index is -0.812. The number of amides is 2. The molecule has 9 heteroatoms. The first-order valence-corrected chi connectivity index (χ1v) is 9.72. The van der Waals surface area contributed by atoms with Gasteiger partial charge in [0.25, 0.3) is 0 Å². The fourth-order valence-electron chi connectivity index (χ4n) is 3.38. The molecule has 0 aliphatic carbocycles. The molecule has 2 aliphatic heterocycles. The van der Waals surface area contributed by atoms with E-state index in [1.807, 2.05) is 44.2 Å². The summed E-state index contributed by atoms with van der Waals surface area (Å²) in [5.41, 5.74) is 0.856. The first kappa shape index (κ1) is 20.2. The Morgan fingerprint density at radius 1 is 1.18 bits per heavy atom. The number of nitrogens with one attached hydrogen (secondary N) is 1. The molecule has 3 rings (SSSR count). The topological polar surface area (TPSA) is 102 Å². The predicted octanol–water partition coefficient (Wildman–Crippen LogP) is 0.840. The molecule has 8 nitrogen and oxygen atoms in total. The number of benzene rings is 1. The number of β-lactam (4-membered cyclic amide) rings is 1. The van der Waals surface area contributed by atoms with E-state index in [1.54, 1.807) is 0 Å². The minimum Gasteiger partial charge on any atom is -0.428 e. The van der Waals surface area contributed by atoms with Crippen LogP contribution in [0.4, 0.5) is 0 Å². The smallest absolute Gasteiger partial charge is 0.333 e. The first-order chi connectivity index (χ1) is 13.2. The molecule has 1 N–H and O–H groups in total. The molecule has 150 valence electrons. The van der Waals surface area contributed by atoms with Crippen LogP contribution in [0.25, 0.3) is 0 Å². The van der Waals surface area contributed by atoms with E-state index in [9.17, 15) is 19.2 Å². The Morgan fingerprint density at radius 2 is 1.86 bits per heavy atom. The zero-order valence-corrected chi connectivity index (χ0v) is 16.7. The molecular formula is C19H22N2O6S. The SMILES string of the molecule is CC(=O)OCOC(=O)[C@@H]1N2C(=O)C(NC(=O)Cc3ccccc3)[C@H]2SC1(C)C. The van der Waals surface area contributed by atoms with Gasteiger partial charge < -0.3 is 19.7 Å². The highest BCUT2D eigenvalue weighted by Gasteiger charge is 2.64. The van der Waals surface area contributed by atoms with Crippen LogP contribution < -0.4 is 5.32 Å². The van der Waals surface area contributed by atoms with E-state index in [1.165, 1.54) is 23.6 Å². The lowest BCUT2D eigenvalue weighted by Crippen LogP contribution is -2.70. The third-order valence-corrected chi connectivity index (χ3v) is 6.22. The van der Waals surface area contributed by atoms with Gasteiger partial charge in [-0.1, -0.05) is 30.3 Å². The van der Waals surface area contributed by atoms with Crippen LogP contribution in [-0.4, -0.2) is 57.7 Å². The summed E-state index contributed by atoms with van der Waals surface area (Å²) < 4.78 is 9.02. The van der Waals surface area contributed by atoms with Gasteiger partial charge in [-0.15, -0.1) is 11.8 Å². The Bertz CT molecular complexity index is 797. The van der Waals surface area contributed by atoms with Crippen molar-refractivity contribution in [2.45, 2.75) is 49.4 Å². The summed E-state index contributed by atoms with van der Waals surface area (Å²) in [6.45, 7) is 4.39. The van der Waals surface area contributed by atoms with Gasteiger partial charge in [0.1, 0.15) is 17.5 Å². The molecule has 2 saturated heterocycles. The largest absolute Gasteiger partial charge is 0.428 e. The Balaban J connectivity index is 1.61. The number of esters is 2. The van der Waals surface area contributed by atoms with Gasteiger partial charge in [-0.2, -0.15) is 0 Å². The molecule has 1 aromatic rings. The van der Waals surface area contributed by atoms with Crippen molar-refractivity contribution >= 4 is 35.5 Å². The van der Waals surface area contributed by atoms with Crippen LogP contribution in [0.1, 0.15) is 26.3 Å². The van der Waals surface area contributed by atoms with Crippen molar-refractivity contribution < 1.29 is 28.7 Å². The highest BCUT2D eigenvalue weighted by atomic mass is 32.2. The molecule has 0 spiro atoms. The monoisotopic (exact) mass is 406 g/mol. The van der Waals surface area contributed by atoms with Gasteiger partial charge in [0.05, 0.1) is 6.42 Å². The Morgan fingerprint density at radius 3 is 2.50 bits per heavy atom. The van der Waals surface area contributed by atoms with Crippen molar-refractivity contribution in [3.8, 4) is 0 Å². The fourth-order valence-corrected chi connectivity index (χ4v) is 5.00. The van der Waals surface area contributed by atoms with Crippen LogP contribution in [0.15, 0.2) is 30.3 Å². The average Bonchev–Trinajstić information content (AvgIpc) is 2.88. The Hall–Kier alpha value is -2.55. The predicted molar refractivity (Wildman–Crippen MR) is 101 cm³/mol. The molecule has 2 aliphatic rings. The van der Waals surface area contributed by atoms with Crippen LogP contribution in [0, 0.1) is 0 Å². The van der Waals surface area contributed by atoms with Crippen molar-refractivity contribution in [2.24, 2.45) is 0 Å². The number of carbonyl (C=O) groups excluding carboxylic acids is 4. The normalized spacial score (nSPS) is 24.8. The summed E-state index contributed by atoms with van der Waals surface area (Å²) in [5.74, 6) is -1.77. The molecule has 0 saturated carbocycles. The second-order valence-corrected chi connectivity index (χ2v) is 8.96. The van der Waals surface area contributed by atoms with Gasteiger partial charge in [0, 0.05) is 11.7 Å². The number of nitrogens with zero attached hydrogens (tertiary/aromatic N) is 1. The lowest BCUT2D eigenvalue weighted by atomic mass is 9.96. The first-order valence-electron chi connectivity index (χ1n) is 8.84. The average molecular weight is 406 g/mol. The molecule has 2 amide bonds. The maximum Gasteiger partial charge on any atom is 0.333 e. The molecule has 2 fully saturated rings. The third kappa shape index (κ3) is 3.99. The Labute approximate surface area is 166 Å². The van der Waals surface area contributed by atoms with Crippen LogP contribution in [0.3, 0.4) is 0 Å². The van der Waals surface area contributed by atoms with E-state index >= 15 is 0 Å². The Kier molecular flexibility index (Phi) is 5.64. The number of fused-ring (bicyclic) bond motifs is 1. The molecule has 0 bridgehead atoms. The summed E-state index contributed by atoms with van der Waals surface area (Å²) in [6, 6.07) is 7.76. The summed E-state index contributed by atoms with van der Waals surface area (Å²) >= 11 is 1.44. The van der Waals surface area contributed by atoms with Crippen LogP contribution >= 0.6 is 11.8 Å². The molecule has 1 unspecified atom stereocenters. The zero-order valence-electron chi connectivity index (χ0n) is 15.8. The second-order valence-electron chi connectivity index (χ2n) is 7.18. The quantitative estimate of drug-likeness (QED) is 0.424. The summed E-state index contributed by atoms with van der Waals surface area (Å²) in [4.78, 5) is 49.6. The van der Waals surface area contributed by atoms with Gasteiger partial charge in [0.15, 0.2) is 0 Å². The van der Waals surface area contributed by atoms with Gasteiger partial charge in [-0.05, 0) is 19.4 Å². The number of thioether (sulfide) groups is 1. The van der Waals surface area contributed by atoms with E-state index in [-0.39, 0.29) is 23.6 Å². The number of hydrogen-bond acceptors (Lipinski definition) is 7.